The van der Waals surface area contributed by atoms with Crippen LogP contribution in [0.5, 0.6) is 0 Å². The van der Waals surface area contributed by atoms with Gasteiger partial charge in [-0.3, -0.25) is 9.58 Å². The number of rotatable bonds is 5. The third-order valence-electron chi connectivity index (χ3n) is 5.60. The molecule has 1 aliphatic heterocycles. The first-order valence-electron chi connectivity index (χ1n) is 9.98. The van der Waals surface area contributed by atoms with E-state index in [2.05, 4.69) is 40.0 Å². The molecule has 0 N–H and O–H groups in total. The Morgan fingerprint density at radius 2 is 1.97 bits per heavy atom. The van der Waals surface area contributed by atoms with Crippen molar-refractivity contribution in [2.45, 2.75) is 19.0 Å². The number of nitriles is 1. The van der Waals surface area contributed by atoms with Crippen LogP contribution < -0.4 is 4.90 Å². The summed E-state index contributed by atoms with van der Waals surface area (Å²) in [7, 11) is 0. The highest BCUT2D eigenvalue weighted by molar-refractivity contribution is 6.33. The molecule has 3 aromatic rings. The zero-order valence-electron chi connectivity index (χ0n) is 16.7. The largest absolute Gasteiger partial charge is 0.361 e. The van der Waals surface area contributed by atoms with Gasteiger partial charge < -0.3 is 4.90 Å². The van der Waals surface area contributed by atoms with Crippen LogP contribution in [0, 0.1) is 11.3 Å². The predicted molar refractivity (Wildman–Crippen MR) is 121 cm³/mol. The lowest BCUT2D eigenvalue weighted by atomic mass is 10.0. The van der Waals surface area contributed by atoms with Crippen molar-refractivity contribution in [3.05, 3.63) is 82.1 Å². The van der Waals surface area contributed by atoms with E-state index in [9.17, 15) is 0 Å². The van der Waals surface area contributed by atoms with Crippen LogP contribution in [0.25, 0.3) is 0 Å². The van der Waals surface area contributed by atoms with E-state index in [0.29, 0.717) is 10.6 Å². The summed E-state index contributed by atoms with van der Waals surface area (Å²) in [6.07, 6.45) is 3.83. The first kappa shape index (κ1) is 20.7. The van der Waals surface area contributed by atoms with Gasteiger partial charge in [0.15, 0.2) is 0 Å². The third kappa shape index (κ3) is 4.46. The number of hydrogen-bond acceptors (Lipinski definition) is 4. The van der Waals surface area contributed by atoms with E-state index in [-0.39, 0.29) is 12.1 Å². The van der Waals surface area contributed by atoms with Gasteiger partial charge in [0.1, 0.15) is 0 Å². The van der Waals surface area contributed by atoms with E-state index >= 15 is 0 Å². The first-order valence-corrected chi connectivity index (χ1v) is 10.7. The summed E-state index contributed by atoms with van der Waals surface area (Å²) in [5.74, 6) is 0. The SMILES string of the molecule is CC(CN1CCN(c2ccc(C#N)cc2Cl)[C@H](c2ccc(Cl)cc2)C1)n1cccn1. The number of nitrogens with zero attached hydrogens (tertiary/aromatic N) is 5. The molecule has 0 amide bonds. The van der Waals surface area contributed by atoms with Crippen LogP contribution in [-0.4, -0.2) is 40.9 Å². The van der Waals surface area contributed by atoms with Crippen molar-refractivity contribution in [3.8, 4) is 6.07 Å². The molecule has 154 valence electrons. The van der Waals surface area contributed by atoms with Crippen molar-refractivity contribution in [1.82, 2.24) is 14.7 Å². The van der Waals surface area contributed by atoms with Crippen LogP contribution in [0.2, 0.25) is 10.0 Å². The Hall–Kier alpha value is -2.52. The van der Waals surface area contributed by atoms with Gasteiger partial charge in [0.2, 0.25) is 0 Å². The Balaban J connectivity index is 1.60. The van der Waals surface area contributed by atoms with Gasteiger partial charge >= 0.3 is 0 Å². The van der Waals surface area contributed by atoms with Crippen molar-refractivity contribution < 1.29 is 0 Å². The molecule has 7 heteroatoms. The molecule has 0 saturated carbocycles. The number of hydrogen-bond donors (Lipinski definition) is 0. The molecule has 0 bridgehead atoms. The highest BCUT2D eigenvalue weighted by atomic mass is 35.5. The van der Waals surface area contributed by atoms with E-state index < -0.39 is 0 Å². The highest BCUT2D eigenvalue weighted by Gasteiger charge is 2.30. The molecule has 1 aliphatic rings. The molecule has 1 fully saturated rings. The minimum atomic E-state index is 0.131. The molecule has 2 heterocycles. The van der Waals surface area contributed by atoms with Crippen molar-refractivity contribution in [2.75, 3.05) is 31.1 Å². The lowest BCUT2D eigenvalue weighted by Gasteiger charge is -2.44. The van der Waals surface area contributed by atoms with Gasteiger partial charge in [-0.1, -0.05) is 35.3 Å². The molecular formula is C23H23Cl2N5. The number of anilines is 1. The standard InChI is InChI=1S/C23H23Cl2N5/c1-17(30-10-2-9-27-30)15-28-11-12-29(22-8-3-18(14-26)13-21(22)25)23(16-28)19-4-6-20(24)7-5-19/h2-10,13,17,23H,11-12,15-16H2,1H3/t17?,23-/m0/s1. The van der Waals surface area contributed by atoms with E-state index in [4.69, 9.17) is 28.5 Å². The minimum Gasteiger partial charge on any atom is -0.361 e. The number of aromatic nitrogens is 2. The predicted octanol–water partition coefficient (Wildman–Crippen LogP) is 5.19. The normalized spacial score (nSPS) is 18.2. The average molecular weight is 440 g/mol. The summed E-state index contributed by atoms with van der Waals surface area (Å²) in [5.41, 5.74) is 2.71. The molecule has 1 unspecified atom stereocenters. The van der Waals surface area contributed by atoms with Crippen LogP contribution in [0.15, 0.2) is 60.9 Å². The Morgan fingerprint density at radius 1 is 1.17 bits per heavy atom. The van der Waals surface area contributed by atoms with Crippen molar-refractivity contribution in [3.63, 3.8) is 0 Å². The molecule has 30 heavy (non-hydrogen) atoms. The fraction of sp³-hybridized carbons (Fsp3) is 0.304. The monoisotopic (exact) mass is 439 g/mol. The summed E-state index contributed by atoms with van der Waals surface area (Å²) in [6.45, 7) is 5.73. The topological polar surface area (TPSA) is 48.1 Å². The second-order valence-corrected chi connectivity index (χ2v) is 8.48. The maximum atomic E-state index is 9.17. The summed E-state index contributed by atoms with van der Waals surface area (Å²) in [5, 5.41) is 14.9. The van der Waals surface area contributed by atoms with E-state index in [1.165, 1.54) is 5.56 Å². The van der Waals surface area contributed by atoms with Gasteiger partial charge in [-0.25, -0.2) is 0 Å². The molecule has 1 saturated heterocycles. The fourth-order valence-corrected chi connectivity index (χ4v) is 4.49. The van der Waals surface area contributed by atoms with Crippen molar-refractivity contribution in [2.24, 2.45) is 0 Å². The molecule has 0 spiro atoms. The minimum absolute atomic E-state index is 0.131. The van der Waals surface area contributed by atoms with Crippen LogP contribution in [0.1, 0.15) is 30.1 Å². The quantitative estimate of drug-likeness (QED) is 0.548. The zero-order valence-corrected chi connectivity index (χ0v) is 18.3. The number of benzene rings is 2. The second kappa shape index (κ2) is 9.09. The molecule has 1 aromatic heterocycles. The molecular weight excluding hydrogens is 417 g/mol. The second-order valence-electron chi connectivity index (χ2n) is 7.63. The molecule has 2 aromatic carbocycles. The van der Waals surface area contributed by atoms with Gasteiger partial charge in [-0.15, -0.1) is 0 Å². The molecule has 4 rings (SSSR count). The Bertz CT molecular complexity index is 1030. The summed E-state index contributed by atoms with van der Waals surface area (Å²) in [4.78, 5) is 4.81. The lowest BCUT2D eigenvalue weighted by molar-refractivity contribution is 0.193. The van der Waals surface area contributed by atoms with E-state index in [1.807, 2.05) is 47.4 Å². The summed E-state index contributed by atoms with van der Waals surface area (Å²) >= 11 is 12.7. The number of halogens is 2. The number of piperazine rings is 1. The van der Waals surface area contributed by atoms with Crippen LogP contribution in [0.4, 0.5) is 5.69 Å². The Morgan fingerprint density at radius 3 is 2.63 bits per heavy atom. The smallest absolute Gasteiger partial charge is 0.0992 e. The van der Waals surface area contributed by atoms with Gasteiger partial charge in [-0.05, 0) is 48.9 Å². The lowest BCUT2D eigenvalue weighted by Crippen LogP contribution is -2.49. The van der Waals surface area contributed by atoms with Crippen LogP contribution >= 0.6 is 23.2 Å². The van der Waals surface area contributed by atoms with Gasteiger partial charge in [0, 0.05) is 43.6 Å². The molecule has 5 nitrogen and oxygen atoms in total. The fourth-order valence-electron chi connectivity index (χ4n) is 4.07. The van der Waals surface area contributed by atoms with Crippen molar-refractivity contribution >= 4 is 28.9 Å². The van der Waals surface area contributed by atoms with Crippen molar-refractivity contribution in [1.29, 1.82) is 5.26 Å². The first-order chi connectivity index (χ1) is 14.5. The maximum Gasteiger partial charge on any atom is 0.0992 e. The molecule has 2 atom stereocenters. The summed E-state index contributed by atoms with van der Waals surface area (Å²) < 4.78 is 2.00. The average Bonchev–Trinajstić information content (AvgIpc) is 3.30. The van der Waals surface area contributed by atoms with Crippen LogP contribution in [0.3, 0.4) is 0 Å². The van der Waals surface area contributed by atoms with E-state index in [0.717, 1.165) is 36.9 Å². The molecule has 0 radical (unpaired) electrons. The summed E-state index contributed by atoms with van der Waals surface area (Å²) in [6, 6.07) is 18.1. The maximum absolute atomic E-state index is 9.17. The van der Waals surface area contributed by atoms with Gasteiger partial charge in [0.05, 0.1) is 34.4 Å². The van der Waals surface area contributed by atoms with E-state index in [1.54, 1.807) is 6.07 Å². The third-order valence-corrected chi connectivity index (χ3v) is 6.16. The Kier molecular flexibility index (Phi) is 6.29. The zero-order chi connectivity index (χ0) is 21.1. The molecule has 0 aliphatic carbocycles. The van der Waals surface area contributed by atoms with Gasteiger partial charge in [-0.2, -0.15) is 10.4 Å². The Labute approximate surface area is 187 Å². The van der Waals surface area contributed by atoms with Gasteiger partial charge in [0.25, 0.3) is 0 Å². The highest BCUT2D eigenvalue weighted by Crippen LogP contribution is 2.36. The van der Waals surface area contributed by atoms with Crippen LogP contribution in [-0.2, 0) is 0 Å².